The van der Waals surface area contributed by atoms with Crippen LogP contribution in [0.1, 0.15) is 98.1 Å². The van der Waals surface area contributed by atoms with Gasteiger partial charge in [0.05, 0.1) is 5.41 Å². The van der Waals surface area contributed by atoms with Gasteiger partial charge in [-0.1, -0.05) is 125 Å². The number of hydrogen-bond donors (Lipinski definition) is 0. The maximum Gasteiger partial charge on any atom is 0.193 e. The summed E-state index contributed by atoms with van der Waals surface area (Å²) in [6, 6.07) is 50.0. The summed E-state index contributed by atoms with van der Waals surface area (Å²) in [7, 11) is 0. The van der Waals surface area contributed by atoms with E-state index in [9.17, 15) is 4.79 Å². The molecule has 3 nitrogen and oxygen atoms in total. The zero-order valence-corrected chi connectivity index (χ0v) is 31.2. The van der Waals surface area contributed by atoms with Crippen LogP contribution < -0.4 is 9.47 Å². The maximum absolute atomic E-state index is 13.1. The monoisotopic (exact) mass is 684 g/mol. The molecule has 0 fully saturated rings. The highest BCUT2D eigenvalue weighted by molar-refractivity contribution is 6.09. The van der Waals surface area contributed by atoms with Crippen LogP contribution in [-0.2, 0) is 11.8 Å². The third-order valence-corrected chi connectivity index (χ3v) is 11.9. The van der Waals surface area contributed by atoms with E-state index in [1.807, 2.05) is 60.7 Å². The second-order valence-electron chi connectivity index (χ2n) is 14.8. The summed E-state index contributed by atoms with van der Waals surface area (Å²) < 4.78 is 13.1. The second kappa shape index (κ2) is 14.0. The van der Waals surface area contributed by atoms with Crippen LogP contribution in [0.2, 0.25) is 0 Å². The van der Waals surface area contributed by atoms with Gasteiger partial charge in [-0.3, -0.25) is 4.79 Å². The van der Waals surface area contributed by atoms with Gasteiger partial charge in [-0.05, 0) is 121 Å². The molecule has 6 aromatic carbocycles. The minimum atomic E-state index is -0.529. The number of ether oxygens (including phenoxy) is 2. The maximum atomic E-state index is 13.1. The molecule has 0 bridgehead atoms. The zero-order chi connectivity index (χ0) is 36.5. The molecule has 0 amide bonds. The molecule has 52 heavy (non-hydrogen) atoms. The molecule has 7 rings (SSSR count). The lowest BCUT2D eigenvalue weighted by Gasteiger charge is -2.43. The molecule has 0 atom stereocenters. The molecule has 1 aliphatic carbocycles. The molecule has 262 valence electrons. The first-order valence-corrected chi connectivity index (χ1v) is 18.6. The van der Waals surface area contributed by atoms with Crippen molar-refractivity contribution in [3.63, 3.8) is 0 Å². The third kappa shape index (κ3) is 6.02. The Kier molecular flexibility index (Phi) is 9.40. The lowest BCUT2D eigenvalue weighted by molar-refractivity contribution is -0.0273. The molecule has 0 heterocycles. The molecular formula is C49H48O3. The fourth-order valence-electron chi connectivity index (χ4n) is 7.96. The van der Waals surface area contributed by atoms with Gasteiger partial charge >= 0.3 is 0 Å². The SMILES string of the molecule is CCc1ccc(C(=O)c2ccc(Oc3ccc(C4(c5ccc(OC(C)(C)C(C)(CC)CC)cc5)c5ccccc5-c5ccccc54)cc3)cc2)cc1. The van der Waals surface area contributed by atoms with Gasteiger partial charge in [0.25, 0.3) is 0 Å². The Bertz CT molecular complexity index is 2120. The molecule has 6 aromatic rings. The van der Waals surface area contributed by atoms with Crippen molar-refractivity contribution < 1.29 is 14.3 Å². The van der Waals surface area contributed by atoms with Crippen LogP contribution in [0.3, 0.4) is 0 Å². The fraction of sp³-hybridized carbons (Fsp3) is 0.245. The summed E-state index contributed by atoms with van der Waals surface area (Å²) in [6.07, 6.45) is 3.04. The van der Waals surface area contributed by atoms with E-state index < -0.39 is 5.41 Å². The van der Waals surface area contributed by atoms with Crippen LogP contribution in [0.15, 0.2) is 146 Å². The van der Waals surface area contributed by atoms with E-state index in [4.69, 9.17) is 9.47 Å². The van der Waals surface area contributed by atoms with Crippen molar-refractivity contribution in [2.75, 3.05) is 0 Å². The predicted molar refractivity (Wildman–Crippen MR) is 213 cm³/mol. The van der Waals surface area contributed by atoms with Crippen LogP contribution in [-0.4, -0.2) is 11.4 Å². The van der Waals surface area contributed by atoms with Crippen LogP contribution in [0.4, 0.5) is 0 Å². The summed E-state index contributed by atoms with van der Waals surface area (Å²) in [6.45, 7) is 13.3. The summed E-state index contributed by atoms with van der Waals surface area (Å²) in [5.74, 6) is 2.29. The molecular weight excluding hydrogens is 637 g/mol. The Balaban J connectivity index is 1.21. The normalized spacial score (nSPS) is 13.3. The quantitative estimate of drug-likeness (QED) is 0.120. The van der Waals surface area contributed by atoms with Crippen LogP contribution in [0.25, 0.3) is 11.1 Å². The van der Waals surface area contributed by atoms with Gasteiger partial charge in [0.2, 0.25) is 0 Å². The van der Waals surface area contributed by atoms with Gasteiger partial charge in [-0.25, -0.2) is 0 Å². The first-order chi connectivity index (χ1) is 25.1. The van der Waals surface area contributed by atoms with Crippen molar-refractivity contribution in [3.8, 4) is 28.4 Å². The summed E-state index contributed by atoms with van der Waals surface area (Å²) in [4.78, 5) is 13.1. The number of carbonyl (C=O) groups is 1. The van der Waals surface area contributed by atoms with Gasteiger partial charge in [0.15, 0.2) is 5.78 Å². The Hall–Kier alpha value is -5.41. The topological polar surface area (TPSA) is 35.5 Å². The predicted octanol–water partition coefficient (Wildman–Crippen LogP) is 12.6. The molecule has 0 saturated heterocycles. The zero-order valence-electron chi connectivity index (χ0n) is 31.2. The number of benzene rings is 6. The molecule has 0 unspecified atom stereocenters. The first kappa shape index (κ1) is 35.0. The van der Waals surface area contributed by atoms with Crippen LogP contribution in [0.5, 0.6) is 17.2 Å². The summed E-state index contributed by atoms with van der Waals surface area (Å²) in [5.41, 5.74) is 9.09. The standard InChI is InChI=1S/C49H48O3/c1-7-34-18-20-35(21-19-34)46(50)36-22-28-39(29-23-36)51-40-30-24-37(25-31-40)49(44-16-12-10-14-42(44)43-15-11-13-17-45(43)49)38-26-32-41(33-27-38)52-47(4,5)48(6,8-2)9-3/h10-33H,7-9H2,1-6H3. The van der Waals surface area contributed by atoms with E-state index in [0.29, 0.717) is 16.9 Å². The number of rotatable bonds is 12. The molecule has 3 heteroatoms. The highest BCUT2D eigenvalue weighted by atomic mass is 16.5. The van der Waals surface area contributed by atoms with Crippen molar-refractivity contribution >= 4 is 5.78 Å². The minimum absolute atomic E-state index is 0.00433. The fourth-order valence-corrected chi connectivity index (χ4v) is 7.96. The summed E-state index contributed by atoms with van der Waals surface area (Å²) >= 11 is 0. The average Bonchev–Trinajstić information content (AvgIpc) is 3.49. The largest absolute Gasteiger partial charge is 0.487 e. The van der Waals surface area contributed by atoms with Crippen molar-refractivity contribution in [2.24, 2.45) is 5.41 Å². The Labute approximate surface area is 309 Å². The Morgan fingerprint density at radius 3 is 1.42 bits per heavy atom. The van der Waals surface area contributed by atoms with E-state index in [1.165, 1.54) is 33.4 Å². The Morgan fingerprint density at radius 1 is 0.538 bits per heavy atom. The third-order valence-electron chi connectivity index (χ3n) is 11.9. The van der Waals surface area contributed by atoms with E-state index in [2.05, 4.69) is 126 Å². The van der Waals surface area contributed by atoms with E-state index in [0.717, 1.165) is 36.3 Å². The lowest BCUT2D eigenvalue weighted by Crippen LogP contribution is -2.45. The molecule has 0 saturated carbocycles. The van der Waals surface area contributed by atoms with Gasteiger partial charge in [0, 0.05) is 16.5 Å². The second-order valence-corrected chi connectivity index (χ2v) is 14.8. The van der Waals surface area contributed by atoms with Crippen molar-refractivity contribution in [1.29, 1.82) is 0 Å². The van der Waals surface area contributed by atoms with Crippen LogP contribution in [0, 0.1) is 5.41 Å². The Morgan fingerprint density at radius 2 is 0.962 bits per heavy atom. The number of fused-ring (bicyclic) bond motifs is 3. The highest BCUT2D eigenvalue weighted by Crippen LogP contribution is 2.56. The molecule has 0 spiro atoms. The van der Waals surface area contributed by atoms with Gasteiger partial charge in [-0.2, -0.15) is 0 Å². The van der Waals surface area contributed by atoms with Gasteiger partial charge < -0.3 is 9.47 Å². The van der Waals surface area contributed by atoms with Crippen molar-refractivity contribution in [1.82, 2.24) is 0 Å². The molecule has 1 aliphatic rings. The smallest absolute Gasteiger partial charge is 0.193 e. The molecule has 0 radical (unpaired) electrons. The molecule has 0 N–H and O–H groups in total. The van der Waals surface area contributed by atoms with E-state index in [1.54, 1.807) is 0 Å². The lowest BCUT2D eigenvalue weighted by atomic mass is 9.67. The van der Waals surface area contributed by atoms with E-state index in [-0.39, 0.29) is 16.8 Å². The average molecular weight is 685 g/mol. The minimum Gasteiger partial charge on any atom is -0.487 e. The number of hydrogen-bond acceptors (Lipinski definition) is 3. The first-order valence-electron chi connectivity index (χ1n) is 18.6. The van der Waals surface area contributed by atoms with Crippen molar-refractivity contribution in [3.05, 3.63) is 185 Å². The molecule has 0 aromatic heterocycles. The van der Waals surface area contributed by atoms with Crippen LogP contribution >= 0.6 is 0 Å². The highest BCUT2D eigenvalue weighted by Gasteiger charge is 2.46. The molecule has 0 aliphatic heterocycles. The van der Waals surface area contributed by atoms with Gasteiger partial charge in [-0.15, -0.1) is 0 Å². The number of carbonyl (C=O) groups excluding carboxylic acids is 1. The summed E-state index contributed by atoms with van der Waals surface area (Å²) in [5, 5.41) is 0. The van der Waals surface area contributed by atoms with Crippen molar-refractivity contribution in [2.45, 2.75) is 71.8 Å². The van der Waals surface area contributed by atoms with Gasteiger partial charge in [0.1, 0.15) is 22.8 Å². The van der Waals surface area contributed by atoms with E-state index >= 15 is 0 Å². The number of ketones is 1. The number of aryl methyl sites for hydroxylation is 1.